The molecule has 0 radical (unpaired) electrons. The minimum Gasteiger partial charge on any atom is -0.369 e. The predicted octanol–water partition coefficient (Wildman–Crippen LogP) is 4.61. The van der Waals surface area contributed by atoms with Gasteiger partial charge in [0, 0.05) is 18.4 Å². The van der Waals surface area contributed by atoms with Crippen molar-refractivity contribution in [2.75, 3.05) is 18.0 Å². The first-order valence-electron chi connectivity index (χ1n) is 6.05. The zero-order valence-electron chi connectivity index (χ0n) is 10.8. The van der Waals surface area contributed by atoms with Crippen molar-refractivity contribution in [1.29, 1.82) is 5.26 Å². The molecule has 0 aromatic heterocycles. The van der Waals surface area contributed by atoms with Crippen LogP contribution in [0.25, 0.3) is 0 Å². The van der Waals surface area contributed by atoms with Crippen LogP contribution < -0.4 is 4.90 Å². The van der Waals surface area contributed by atoms with Crippen LogP contribution in [0.2, 0.25) is 5.02 Å². The largest absolute Gasteiger partial charge is 0.369 e. The van der Waals surface area contributed by atoms with Gasteiger partial charge in [-0.3, -0.25) is 0 Å². The lowest BCUT2D eigenvalue weighted by Gasteiger charge is -2.28. The van der Waals surface area contributed by atoms with Crippen LogP contribution in [0, 0.1) is 17.2 Å². The highest BCUT2D eigenvalue weighted by Crippen LogP contribution is 2.32. The third kappa shape index (κ3) is 4.19. The number of anilines is 1. The molecule has 0 amide bonds. The lowest BCUT2D eigenvalue weighted by atomic mass is 10.1. The standard InChI is InChI=1S/C14H18BrClN2/c1-11(2)10-18(8-4-7-17)14-12(9-15)5-3-6-13(14)16/h3,5-6,11H,4,8-10H2,1-2H3. The third-order valence-electron chi connectivity index (χ3n) is 2.61. The van der Waals surface area contributed by atoms with Crippen LogP contribution in [-0.2, 0) is 5.33 Å². The first kappa shape index (κ1) is 15.3. The monoisotopic (exact) mass is 328 g/mol. The molecule has 2 nitrogen and oxygen atoms in total. The summed E-state index contributed by atoms with van der Waals surface area (Å²) in [5.74, 6) is 0.531. The summed E-state index contributed by atoms with van der Waals surface area (Å²) in [6.07, 6.45) is 0.514. The number of hydrogen-bond acceptors (Lipinski definition) is 2. The predicted molar refractivity (Wildman–Crippen MR) is 81.4 cm³/mol. The van der Waals surface area contributed by atoms with E-state index in [9.17, 15) is 0 Å². The van der Waals surface area contributed by atoms with Gasteiger partial charge in [0.15, 0.2) is 0 Å². The number of benzene rings is 1. The molecule has 1 aromatic rings. The summed E-state index contributed by atoms with van der Waals surface area (Å²) >= 11 is 9.81. The molecule has 0 heterocycles. The van der Waals surface area contributed by atoms with E-state index in [1.54, 1.807) is 0 Å². The van der Waals surface area contributed by atoms with Gasteiger partial charge in [0.2, 0.25) is 0 Å². The average Bonchev–Trinajstić information content (AvgIpc) is 2.34. The van der Waals surface area contributed by atoms with Crippen molar-refractivity contribution >= 4 is 33.2 Å². The van der Waals surface area contributed by atoms with Crippen LogP contribution in [0.4, 0.5) is 5.69 Å². The Morgan fingerprint density at radius 1 is 1.44 bits per heavy atom. The Labute approximate surface area is 123 Å². The fourth-order valence-electron chi connectivity index (χ4n) is 1.94. The van der Waals surface area contributed by atoms with Gasteiger partial charge in [-0.1, -0.05) is 53.5 Å². The van der Waals surface area contributed by atoms with Gasteiger partial charge in [0.25, 0.3) is 0 Å². The lowest BCUT2D eigenvalue weighted by molar-refractivity contribution is 0.611. The smallest absolute Gasteiger partial charge is 0.0642 e. The number of rotatable bonds is 6. The van der Waals surface area contributed by atoms with Crippen molar-refractivity contribution in [2.45, 2.75) is 25.6 Å². The molecule has 1 aromatic carbocycles. The second-order valence-corrected chi connectivity index (χ2v) is 5.60. The third-order valence-corrected chi connectivity index (χ3v) is 3.52. The molecule has 0 fully saturated rings. The van der Waals surface area contributed by atoms with E-state index >= 15 is 0 Å². The van der Waals surface area contributed by atoms with E-state index in [0.717, 1.165) is 29.1 Å². The summed E-state index contributed by atoms with van der Waals surface area (Å²) in [5, 5.41) is 10.3. The second-order valence-electron chi connectivity index (χ2n) is 4.63. The van der Waals surface area contributed by atoms with E-state index in [-0.39, 0.29) is 0 Å². The number of halogens is 2. The molecule has 0 saturated carbocycles. The zero-order chi connectivity index (χ0) is 13.5. The van der Waals surface area contributed by atoms with Gasteiger partial charge in [-0.05, 0) is 17.5 Å². The molecule has 0 saturated heterocycles. The van der Waals surface area contributed by atoms with Gasteiger partial charge >= 0.3 is 0 Å². The van der Waals surface area contributed by atoms with Crippen molar-refractivity contribution in [3.63, 3.8) is 0 Å². The van der Waals surface area contributed by atoms with E-state index in [1.165, 1.54) is 5.56 Å². The highest BCUT2D eigenvalue weighted by atomic mass is 79.9. The molecule has 0 bridgehead atoms. The van der Waals surface area contributed by atoms with Crippen molar-refractivity contribution in [1.82, 2.24) is 0 Å². The Morgan fingerprint density at radius 2 is 2.17 bits per heavy atom. The number of nitrogens with zero attached hydrogens (tertiary/aromatic N) is 2. The van der Waals surface area contributed by atoms with Gasteiger partial charge in [-0.25, -0.2) is 0 Å². The fraction of sp³-hybridized carbons (Fsp3) is 0.500. The Bertz CT molecular complexity index is 426. The zero-order valence-corrected chi connectivity index (χ0v) is 13.1. The van der Waals surface area contributed by atoms with Crippen LogP contribution in [0.15, 0.2) is 18.2 Å². The molecule has 0 aliphatic carbocycles. The molecule has 0 spiro atoms. The van der Waals surface area contributed by atoms with Crippen LogP contribution in [0.3, 0.4) is 0 Å². The van der Waals surface area contributed by atoms with Crippen LogP contribution in [0.1, 0.15) is 25.8 Å². The first-order valence-corrected chi connectivity index (χ1v) is 7.55. The molecular weight excluding hydrogens is 312 g/mol. The van der Waals surface area contributed by atoms with Crippen LogP contribution >= 0.6 is 27.5 Å². The van der Waals surface area contributed by atoms with E-state index in [0.29, 0.717) is 12.3 Å². The Morgan fingerprint density at radius 3 is 2.72 bits per heavy atom. The minimum absolute atomic E-state index is 0.514. The lowest BCUT2D eigenvalue weighted by Crippen LogP contribution is -2.29. The van der Waals surface area contributed by atoms with Crippen molar-refractivity contribution in [3.05, 3.63) is 28.8 Å². The molecular formula is C14H18BrClN2. The average molecular weight is 330 g/mol. The quantitative estimate of drug-likeness (QED) is 0.713. The Balaban J connectivity index is 3.07. The number of alkyl halides is 1. The molecule has 18 heavy (non-hydrogen) atoms. The van der Waals surface area contributed by atoms with Gasteiger partial charge in [0.05, 0.1) is 23.2 Å². The van der Waals surface area contributed by atoms with E-state index in [1.807, 2.05) is 12.1 Å². The topological polar surface area (TPSA) is 27.0 Å². The molecule has 0 N–H and O–H groups in total. The summed E-state index contributed by atoms with van der Waals surface area (Å²) < 4.78 is 0. The normalized spacial score (nSPS) is 10.4. The van der Waals surface area contributed by atoms with Gasteiger partial charge in [-0.2, -0.15) is 5.26 Å². The number of para-hydroxylation sites is 1. The van der Waals surface area contributed by atoms with Crippen molar-refractivity contribution in [3.8, 4) is 6.07 Å². The molecule has 98 valence electrons. The Hall–Kier alpha value is -0.720. The van der Waals surface area contributed by atoms with Crippen LogP contribution in [0.5, 0.6) is 0 Å². The number of nitriles is 1. The van der Waals surface area contributed by atoms with E-state index in [2.05, 4.69) is 46.8 Å². The highest BCUT2D eigenvalue weighted by Gasteiger charge is 2.15. The molecule has 0 aliphatic rings. The van der Waals surface area contributed by atoms with Gasteiger partial charge in [-0.15, -0.1) is 0 Å². The summed E-state index contributed by atoms with van der Waals surface area (Å²) in [5.41, 5.74) is 2.22. The van der Waals surface area contributed by atoms with Crippen LogP contribution in [-0.4, -0.2) is 13.1 Å². The van der Waals surface area contributed by atoms with E-state index in [4.69, 9.17) is 16.9 Å². The first-order chi connectivity index (χ1) is 8.60. The summed E-state index contributed by atoms with van der Waals surface area (Å²) in [6.45, 7) is 5.97. The summed E-state index contributed by atoms with van der Waals surface area (Å²) in [7, 11) is 0. The summed E-state index contributed by atoms with van der Waals surface area (Å²) in [6, 6.07) is 8.13. The molecule has 0 unspecified atom stereocenters. The van der Waals surface area contributed by atoms with Gasteiger partial charge < -0.3 is 4.90 Å². The molecule has 1 rings (SSSR count). The number of hydrogen-bond donors (Lipinski definition) is 0. The molecule has 0 atom stereocenters. The SMILES string of the molecule is CC(C)CN(CCC#N)c1c(Cl)cccc1CBr. The maximum absolute atomic E-state index is 8.77. The van der Waals surface area contributed by atoms with Gasteiger partial charge in [0.1, 0.15) is 0 Å². The maximum Gasteiger partial charge on any atom is 0.0642 e. The molecule has 4 heteroatoms. The van der Waals surface area contributed by atoms with Crippen molar-refractivity contribution in [2.24, 2.45) is 5.92 Å². The maximum atomic E-state index is 8.77. The highest BCUT2D eigenvalue weighted by molar-refractivity contribution is 9.08. The van der Waals surface area contributed by atoms with E-state index < -0.39 is 0 Å². The summed E-state index contributed by atoms with van der Waals surface area (Å²) in [4.78, 5) is 2.22. The second kappa shape index (κ2) is 7.66. The fourth-order valence-corrected chi connectivity index (χ4v) is 2.71. The van der Waals surface area contributed by atoms with Crippen molar-refractivity contribution < 1.29 is 0 Å². The molecule has 0 aliphatic heterocycles. The minimum atomic E-state index is 0.514. The Kier molecular flexibility index (Phi) is 6.52.